The minimum Gasteiger partial charge on any atom is -0.374 e. The van der Waals surface area contributed by atoms with Crippen LogP contribution in [0.5, 0.6) is 0 Å². The molecule has 13 nitrogen and oxygen atoms in total. The highest BCUT2D eigenvalue weighted by Gasteiger charge is 2.33. The fourth-order valence-corrected chi connectivity index (χ4v) is 8.92. The van der Waals surface area contributed by atoms with Crippen LogP contribution in [0.25, 0.3) is 16.9 Å². The second-order valence-corrected chi connectivity index (χ2v) is 16.4. The van der Waals surface area contributed by atoms with Gasteiger partial charge in [-0.15, -0.1) is 0 Å². The number of likely N-dealkylation sites (tertiary alicyclic amines) is 1. The Balaban J connectivity index is 0.763. The molecule has 4 fully saturated rings. The molecule has 3 aliphatic heterocycles. The van der Waals surface area contributed by atoms with Gasteiger partial charge in [-0.2, -0.15) is 0 Å². The second kappa shape index (κ2) is 17.7. The van der Waals surface area contributed by atoms with Crippen LogP contribution in [0, 0.1) is 30.4 Å². The largest absolute Gasteiger partial charge is 0.374 e. The Hall–Kier alpha value is -5.70. The Morgan fingerprint density at radius 2 is 1.63 bits per heavy atom. The van der Waals surface area contributed by atoms with Gasteiger partial charge < -0.3 is 20.4 Å². The van der Waals surface area contributed by atoms with Crippen molar-refractivity contribution in [3.63, 3.8) is 0 Å². The average Bonchev–Trinajstić information content (AvgIpc) is 3.23. The zero-order chi connectivity index (χ0) is 41.0. The van der Waals surface area contributed by atoms with Crippen LogP contribution in [0.3, 0.4) is 0 Å². The van der Waals surface area contributed by atoms with Gasteiger partial charge in [0.15, 0.2) is 5.82 Å². The molecule has 5 heterocycles. The topological polar surface area (TPSA) is 145 Å². The maximum absolute atomic E-state index is 15.2. The van der Waals surface area contributed by atoms with Crippen LogP contribution in [-0.4, -0.2) is 100.0 Å². The number of rotatable bonds is 10. The molecular formula is C44H51F2N9O4. The lowest BCUT2D eigenvalue weighted by molar-refractivity contribution is -0.138. The van der Waals surface area contributed by atoms with E-state index in [2.05, 4.69) is 35.7 Å². The standard InChI is InChI=1S/C44H51F2N9O4/c1-28-13-18-55(40(57)23-28)34-4-2-3-31(24-34)41-36(46)26-47-44(51-41)49-32-7-5-30(6-8-32)43(59)54-16-14-29(15-17-54)27-52-19-21-53(22-20-52)38-11-9-33(25-35(38)45)48-37-10-12-39(56)50-42(37)58/h2-4,9,11,13,18,23-26,29-30,32,37,48H,5-8,10,12,14-17,19-22,27H2,1H3,(H,47,49,51)(H,50,56,58). The summed E-state index contributed by atoms with van der Waals surface area (Å²) in [5.41, 5.74) is 3.06. The summed E-state index contributed by atoms with van der Waals surface area (Å²) in [5.74, 6) is -0.501. The van der Waals surface area contributed by atoms with Gasteiger partial charge in [0.05, 0.1) is 11.9 Å². The monoisotopic (exact) mass is 807 g/mol. The number of nitrogens with one attached hydrogen (secondary N) is 3. The van der Waals surface area contributed by atoms with E-state index < -0.39 is 11.9 Å². The lowest BCUT2D eigenvalue weighted by Gasteiger charge is -2.40. The minimum atomic E-state index is -0.561. The first-order valence-electron chi connectivity index (χ1n) is 20.8. The van der Waals surface area contributed by atoms with E-state index in [1.54, 1.807) is 48.7 Å². The fraction of sp³-hybridized carbons (Fsp3) is 0.455. The number of carbonyl (C=O) groups excluding carboxylic acids is 3. The van der Waals surface area contributed by atoms with Crippen molar-refractivity contribution in [1.29, 1.82) is 0 Å². The van der Waals surface area contributed by atoms with Crippen molar-refractivity contribution in [2.75, 3.05) is 61.3 Å². The molecule has 0 radical (unpaired) electrons. The van der Waals surface area contributed by atoms with E-state index in [0.29, 0.717) is 54.0 Å². The third-order valence-electron chi connectivity index (χ3n) is 12.3. The smallest absolute Gasteiger partial charge is 0.255 e. The zero-order valence-electron chi connectivity index (χ0n) is 33.3. The predicted octanol–water partition coefficient (Wildman–Crippen LogP) is 5.13. The van der Waals surface area contributed by atoms with Crippen LogP contribution in [0.15, 0.2) is 71.8 Å². The first-order chi connectivity index (χ1) is 28.6. The molecule has 0 bridgehead atoms. The van der Waals surface area contributed by atoms with Gasteiger partial charge in [0, 0.05) is 93.4 Å². The molecule has 2 aromatic heterocycles. The van der Waals surface area contributed by atoms with Gasteiger partial charge in [0.25, 0.3) is 5.56 Å². The van der Waals surface area contributed by atoms with Crippen molar-refractivity contribution in [3.05, 3.63) is 94.5 Å². The third-order valence-corrected chi connectivity index (χ3v) is 12.3. The second-order valence-electron chi connectivity index (χ2n) is 16.4. The van der Waals surface area contributed by atoms with Crippen molar-refractivity contribution < 1.29 is 23.2 Å². The van der Waals surface area contributed by atoms with Gasteiger partial charge in [0.2, 0.25) is 23.7 Å². The fourth-order valence-electron chi connectivity index (χ4n) is 8.92. The summed E-state index contributed by atoms with van der Waals surface area (Å²) in [6, 6.07) is 14.9. The quantitative estimate of drug-likeness (QED) is 0.185. The molecule has 3 N–H and O–H groups in total. The first kappa shape index (κ1) is 40.1. The van der Waals surface area contributed by atoms with E-state index in [0.717, 1.165) is 76.8 Å². The summed E-state index contributed by atoms with van der Waals surface area (Å²) in [6.07, 6.45) is 8.55. The van der Waals surface area contributed by atoms with Gasteiger partial charge in [-0.05, 0) is 99.7 Å². The third kappa shape index (κ3) is 9.46. The average molecular weight is 808 g/mol. The van der Waals surface area contributed by atoms with Crippen LogP contribution in [-0.2, 0) is 14.4 Å². The number of benzene rings is 2. The Bertz CT molecular complexity index is 2250. The molecule has 15 heteroatoms. The maximum Gasteiger partial charge on any atom is 0.255 e. The van der Waals surface area contributed by atoms with Crippen LogP contribution in [0.1, 0.15) is 56.9 Å². The number of aromatic nitrogens is 3. The van der Waals surface area contributed by atoms with E-state index in [9.17, 15) is 19.2 Å². The van der Waals surface area contributed by atoms with Crippen LogP contribution in [0.2, 0.25) is 0 Å². The van der Waals surface area contributed by atoms with Crippen molar-refractivity contribution in [2.45, 2.75) is 70.4 Å². The van der Waals surface area contributed by atoms with Crippen molar-refractivity contribution >= 4 is 35.0 Å². The van der Waals surface area contributed by atoms with Gasteiger partial charge in [0.1, 0.15) is 17.6 Å². The summed E-state index contributed by atoms with van der Waals surface area (Å²) in [5, 5.41) is 8.74. The minimum absolute atomic E-state index is 0.0158. The van der Waals surface area contributed by atoms with E-state index in [1.165, 1.54) is 16.8 Å². The molecule has 1 atom stereocenters. The van der Waals surface area contributed by atoms with E-state index in [1.807, 2.05) is 17.9 Å². The first-order valence-corrected chi connectivity index (χ1v) is 20.8. The van der Waals surface area contributed by atoms with Gasteiger partial charge in [-0.3, -0.25) is 34.0 Å². The molecular weight excluding hydrogens is 757 g/mol. The SMILES string of the molecule is Cc1ccn(-c2cccc(-c3nc(NC4CCC(C(=O)N5CCC(CN6CCN(c7ccc(NC8CCC(=O)NC8=O)cc7F)CC6)CC5)CC4)ncc3F)c2)c(=O)c1. The molecule has 1 saturated carbocycles. The number of halogens is 2. The van der Waals surface area contributed by atoms with Gasteiger partial charge in [-0.25, -0.2) is 18.7 Å². The molecule has 2 aromatic carbocycles. The molecule has 4 aromatic rings. The predicted molar refractivity (Wildman–Crippen MR) is 221 cm³/mol. The highest BCUT2D eigenvalue weighted by molar-refractivity contribution is 6.01. The molecule has 4 aliphatic rings. The number of carbonyl (C=O) groups is 3. The Morgan fingerprint density at radius 3 is 2.36 bits per heavy atom. The number of hydrogen-bond donors (Lipinski definition) is 3. The van der Waals surface area contributed by atoms with E-state index in [-0.39, 0.29) is 53.2 Å². The number of imide groups is 1. The highest BCUT2D eigenvalue weighted by Crippen LogP contribution is 2.31. The van der Waals surface area contributed by atoms with Crippen molar-refractivity contribution in [3.8, 4) is 16.9 Å². The van der Waals surface area contributed by atoms with Crippen molar-refractivity contribution in [2.24, 2.45) is 11.8 Å². The molecule has 3 amide bonds. The lowest BCUT2D eigenvalue weighted by Crippen LogP contribution is -2.50. The number of piperazine rings is 1. The molecule has 3 saturated heterocycles. The van der Waals surface area contributed by atoms with Crippen molar-refractivity contribution in [1.82, 2.24) is 29.7 Å². The zero-order valence-corrected chi connectivity index (χ0v) is 33.3. The van der Waals surface area contributed by atoms with Crippen LogP contribution < -0.4 is 26.4 Å². The molecule has 0 spiro atoms. The highest BCUT2D eigenvalue weighted by atomic mass is 19.1. The van der Waals surface area contributed by atoms with Crippen LogP contribution in [0.4, 0.5) is 26.1 Å². The summed E-state index contributed by atoms with van der Waals surface area (Å²) >= 11 is 0. The summed E-state index contributed by atoms with van der Waals surface area (Å²) in [4.78, 5) is 65.0. The number of pyridine rings is 1. The molecule has 310 valence electrons. The summed E-state index contributed by atoms with van der Waals surface area (Å²) in [6.45, 7) is 7.45. The summed E-state index contributed by atoms with van der Waals surface area (Å²) < 4.78 is 31.7. The van der Waals surface area contributed by atoms with Crippen LogP contribution >= 0.6 is 0 Å². The number of hydrogen-bond acceptors (Lipinski definition) is 10. The van der Waals surface area contributed by atoms with Gasteiger partial charge in [-0.1, -0.05) is 12.1 Å². The van der Waals surface area contributed by atoms with E-state index >= 15 is 8.78 Å². The molecule has 8 rings (SSSR count). The maximum atomic E-state index is 15.2. The Labute approximate surface area is 342 Å². The molecule has 59 heavy (non-hydrogen) atoms. The normalized spacial score (nSPS) is 21.9. The van der Waals surface area contributed by atoms with E-state index in [4.69, 9.17) is 0 Å². The molecule has 1 unspecified atom stereocenters. The molecule has 1 aliphatic carbocycles. The number of nitrogens with zero attached hydrogens (tertiary/aromatic N) is 6. The number of anilines is 3. The Morgan fingerprint density at radius 1 is 0.847 bits per heavy atom. The number of aryl methyl sites for hydroxylation is 1. The Kier molecular flexibility index (Phi) is 12.0. The van der Waals surface area contributed by atoms with Gasteiger partial charge >= 0.3 is 0 Å². The number of amides is 3. The summed E-state index contributed by atoms with van der Waals surface area (Å²) in [7, 11) is 0. The lowest BCUT2D eigenvalue weighted by atomic mass is 9.84. The number of piperidine rings is 2.